The Labute approximate surface area is 260 Å². The fourth-order valence-corrected chi connectivity index (χ4v) is 6.35. The van der Waals surface area contributed by atoms with Crippen molar-refractivity contribution in [2.24, 2.45) is 0 Å². The number of amides is 1. The summed E-state index contributed by atoms with van der Waals surface area (Å²) >= 11 is 0. The van der Waals surface area contributed by atoms with Crippen LogP contribution in [0.25, 0.3) is 22.2 Å². The summed E-state index contributed by atoms with van der Waals surface area (Å²) in [6.45, 7) is 2.15. The summed E-state index contributed by atoms with van der Waals surface area (Å²) in [7, 11) is -1.69. The molecular weight excluding hydrogens is 598 g/mol. The monoisotopic (exact) mass is 633 g/mol. The average molecular weight is 634 g/mol. The van der Waals surface area contributed by atoms with Crippen molar-refractivity contribution in [2.45, 2.75) is 45.1 Å². The number of nitrogens with zero attached hydrogens (tertiary/aromatic N) is 3. The van der Waals surface area contributed by atoms with E-state index in [1.165, 1.54) is 18.5 Å². The number of aromatic amines is 1. The molecule has 0 unspecified atom stereocenters. The largest absolute Gasteiger partial charge is 0.496 e. The number of benzene rings is 1. The number of hydrogen-bond acceptors (Lipinski definition) is 11. The average Bonchev–Trinajstić information content (AvgIpc) is 3.72. The Kier molecular flexibility index (Phi) is 9.71. The van der Waals surface area contributed by atoms with E-state index in [4.69, 9.17) is 14.6 Å². The van der Waals surface area contributed by atoms with Gasteiger partial charge in [0.05, 0.1) is 48.3 Å². The van der Waals surface area contributed by atoms with Gasteiger partial charge in [0, 0.05) is 41.4 Å². The zero-order valence-corrected chi connectivity index (χ0v) is 25.9. The van der Waals surface area contributed by atoms with Gasteiger partial charge in [-0.15, -0.1) is 0 Å². The van der Waals surface area contributed by atoms with Gasteiger partial charge >= 0.3 is 0 Å². The Bertz CT molecular complexity index is 1850. The molecule has 1 saturated heterocycles. The Morgan fingerprint density at radius 3 is 2.80 bits per heavy atom. The van der Waals surface area contributed by atoms with Crippen molar-refractivity contribution in [1.82, 2.24) is 30.6 Å². The molecule has 1 aromatic carbocycles. The normalized spacial score (nSPS) is 15.8. The first-order valence-corrected chi connectivity index (χ1v) is 16.4. The Morgan fingerprint density at radius 1 is 1.20 bits per heavy atom. The van der Waals surface area contributed by atoms with Gasteiger partial charge in [-0.3, -0.25) is 20.0 Å². The van der Waals surface area contributed by atoms with Crippen LogP contribution in [-0.4, -0.2) is 70.9 Å². The number of oxazole rings is 1. The number of unbranched alkanes of at least 4 members (excludes halogenated alkanes) is 2. The van der Waals surface area contributed by atoms with Crippen LogP contribution in [0.3, 0.4) is 0 Å². The lowest BCUT2D eigenvalue weighted by molar-refractivity contribution is -0.115. The number of fused-ring (bicyclic) bond motifs is 1. The van der Waals surface area contributed by atoms with Crippen LogP contribution in [0.4, 0.5) is 0 Å². The summed E-state index contributed by atoms with van der Waals surface area (Å²) in [5.74, 6) is 0.102. The second-order valence-electron chi connectivity index (χ2n) is 10.9. The Hall–Kier alpha value is -4.85. The summed E-state index contributed by atoms with van der Waals surface area (Å²) in [5.41, 5.74) is 3.07. The highest BCUT2D eigenvalue weighted by molar-refractivity contribution is 7.91. The van der Waals surface area contributed by atoms with E-state index in [0.717, 1.165) is 22.2 Å². The SMILES string of the molecule is COc1cc2nc(C)ccc2cc1-c1cnc([C@H](CCCCCC(=O)c2ncco2)NC(=O)C(=N)/C=C2/CS(=O)(=O)CCN2)[nH]1. The summed E-state index contributed by atoms with van der Waals surface area (Å²) in [4.78, 5) is 41.7. The number of aryl methyl sites for hydroxylation is 1. The second-order valence-corrected chi connectivity index (χ2v) is 13.1. The van der Waals surface area contributed by atoms with Crippen LogP contribution in [0.5, 0.6) is 5.75 Å². The molecule has 3 aromatic heterocycles. The minimum atomic E-state index is -3.27. The highest BCUT2D eigenvalue weighted by Gasteiger charge is 2.23. The maximum atomic E-state index is 13.1. The van der Waals surface area contributed by atoms with Gasteiger partial charge in [-0.05, 0) is 38.0 Å². The molecule has 1 amide bonds. The zero-order valence-electron chi connectivity index (χ0n) is 25.1. The van der Waals surface area contributed by atoms with Gasteiger partial charge in [0.1, 0.15) is 23.5 Å². The summed E-state index contributed by atoms with van der Waals surface area (Å²) < 4.78 is 34.7. The van der Waals surface area contributed by atoms with E-state index in [2.05, 4.69) is 30.6 Å². The van der Waals surface area contributed by atoms with Gasteiger partial charge in [0.25, 0.3) is 11.8 Å². The molecule has 1 aliphatic rings. The van der Waals surface area contributed by atoms with Gasteiger partial charge < -0.3 is 24.8 Å². The summed E-state index contributed by atoms with van der Waals surface area (Å²) in [6.07, 6.45) is 8.42. The van der Waals surface area contributed by atoms with Crippen molar-refractivity contribution in [2.75, 3.05) is 25.2 Å². The molecule has 0 spiro atoms. The zero-order chi connectivity index (χ0) is 32.0. The molecule has 236 valence electrons. The van der Waals surface area contributed by atoms with Crippen LogP contribution in [-0.2, 0) is 14.6 Å². The second kappa shape index (κ2) is 13.8. The third-order valence-electron chi connectivity index (χ3n) is 7.44. The third kappa shape index (κ3) is 8.01. The molecule has 4 aromatic rings. The van der Waals surface area contributed by atoms with Crippen molar-refractivity contribution in [3.63, 3.8) is 0 Å². The number of hydrogen-bond donors (Lipinski definition) is 4. The fourth-order valence-electron chi connectivity index (χ4n) is 5.14. The molecule has 4 heterocycles. The highest BCUT2D eigenvalue weighted by Crippen LogP contribution is 2.33. The van der Waals surface area contributed by atoms with Crippen LogP contribution in [0.1, 0.15) is 60.3 Å². The maximum Gasteiger partial charge on any atom is 0.269 e. The lowest BCUT2D eigenvalue weighted by Gasteiger charge is -2.19. The number of sulfone groups is 1. The predicted octanol–water partition coefficient (Wildman–Crippen LogP) is 3.84. The number of carbonyl (C=O) groups excluding carboxylic acids is 2. The van der Waals surface area contributed by atoms with Crippen LogP contribution in [0.15, 0.2) is 59.1 Å². The number of ketones is 1. The number of H-pyrrole nitrogens is 1. The molecule has 13 nitrogen and oxygen atoms in total. The molecular formula is C31H35N7O6S. The fraction of sp³-hybridized carbons (Fsp3) is 0.355. The standard InChI is InChI=1S/C31H35N7O6S/c1-19-8-9-20-14-22(28(43-2)16-25(20)36-19)26-17-35-29(37-26)24(6-4-3-5-7-27(39)31-34-10-12-44-31)38-30(40)23(32)15-21-18-45(41,42)13-11-33-21/h8-10,12,14-17,24,32-33H,3-7,11,13,18H2,1-2H3,(H,35,37)(H,38,40)/b21-15-,32-23?/t24-/m0/s1. The number of pyridine rings is 1. The Balaban J connectivity index is 1.33. The van der Waals surface area contributed by atoms with E-state index in [9.17, 15) is 18.0 Å². The van der Waals surface area contributed by atoms with E-state index >= 15 is 0 Å². The molecule has 45 heavy (non-hydrogen) atoms. The smallest absolute Gasteiger partial charge is 0.269 e. The van der Waals surface area contributed by atoms with E-state index in [1.807, 2.05) is 31.2 Å². The first kappa shape index (κ1) is 31.6. The van der Waals surface area contributed by atoms with Crippen LogP contribution in [0.2, 0.25) is 0 Å². The van der Waals surface area contributed by atoms with Crippen molar-refractivity contribution < 1.29 is 27.2 Å². The van der Waals surface area contributed by atoms with Gasteiger partial charge in [0.2, 0.25) is 5.78 Å². The van der Waals surface area contributed by atoms with Crippen LogP contribution < -0.4 is 15.4 Å². The van der Waals surface area contributed by atoms with E-state index in [1.54, 1.807) is 13.3 Å². The number of carbonyl (C=O) groups is 2. The lowest BCUT2D eigenvalue weighted by atomic mass is 10.0. The van der Waals surface area contributed by atoms with Crippen LogP contribution in [0, 0.1) is 12.3 Å². The Morgan fingerprint density at radius 2 is 2.04 bits per heavy atom. The number of Topliss-reactive ketones (excluding diaryl/α,β-unsaturated/α-hetero) is 1. The van der Waals surface area contributed by atoms with E-state index < -0.39 is 21.8 Å². The quantitative estimate of drug-likeness (QED) is 0.0955. The topological polar surface area (TPSA) is 193 Å². The molecule has 0 bridgehead atoms. The van der Waals surface area contributed by atoms with Crippen molar-refractivity contribution in [3.8, 4) is 17.0 Å². The molecule has 1 aliphatic heterocycles. The maximum absolute atomic E-state index is 13.1. The minimum Gasteiger partial charge on any atom is -0.496 e. The number of nitrogens with one attached hydrogen (secondary N) is 4. The van der Waals surface area contributed by atoms with E-state index in [-0.39, 0.29) is 41.9 Å². The molecule has 0 saturated carbocycles. The molecule has 1 fully saturated rings. The molecule has 14 heteroatoms. The molecule has 1 atom stereocenters. The van der Waals surface area contributed by atoms with Gasteiger partial charge in [0.15, 0.2) is 9.84 Å². The van der Waals surface area contributed by atoms with Gasteiger partial charge in [-0.1, -0.05) is 18.9 Å². The number of imidazole rings is 1. The van der Waals surface area contributed by atoms with Crippen molar-refractivity contribution in [1.29, 1.82) is 5.41 Å². The number of methoxy groups -OCH3 is 1. The summed E-state index contributed by atoms with van der Waals surface area (Å²) in [6, 6.07) is 7.16. The molecule has 0 radical (unpaired) electrons. The minimum absolute atomic E-state index is 0.00847. The first-order valence-electron chi connectivity index (χ1n) is 14.6. The number of ether oxygens (including phenoxy) is 1. The van der Waals surface area contributed by atoms with Crippen LogP contribution >= 0.6 is 0 Å². The highest BCUT2D eigenvalue weighted by atomic mass is 32.2. The van der Waals surface area contributed by atoms with Gasteiger partial charge in [-0.25, -0.2) is 18.4 Å². The van der Waals surface area contributed by atoms with E-state index in [0.29, 0.717) is 48.6 Å². The first-order chi connectivity index (χ1) is 21.6. The van der Waals surface area contributed by atoms with Crippen molar-refractivity contribution >= 4 is 38.1 Å². The number of aromatic nitrogens is 4. The summed E-state index contributed by atoms with van der Waals surface area (Å²) in [5, 5.41) is 15.1. The third-order valence-corrected chi connectivity index (χ3v) is 9.02. The van der Waals surface area contributed by atoms with Gasteiger partial charge in [-0.2, -0.15) is 0 Å². The van der Waals surface area contributed by atoms with Crippen molar-refractivity contribution in [3.05, 3.63) is 72.1 Å². The molecule has 0 aliphatic carbocycles. The predicted molar refractivity (Wildman–Crippen MR) is 168 cm³/mol. The molecule has 4 N–H and O–H groups in total. The molecule has 5 rings (SSSR count). The lowest BCUT2D eigenvalue weighted by Crippen LogP contribution is -2.37. The number of rotatable bonds is 13.